The zero-order valence-electron chi connectivity index (χ0n) is 9.83. The molecule has 1 saturated heterocycles. The van der Waals surface area contributed by atoms with Crippen LogP contribution in [0.15, 0.2) is 4.99 Å². The van der Waals surface area contributed by atoms with Crippen molar-refractivity contribution in [3.05, 3.63) is 0 Å². The average Bonchev–Trinajstić information content (AvgIpc) is 2.48. The molecule has 1 aliphatic heterocycles. The topological polar surface area (TPSA) is 24.4 Å². The van der Waals surface area contributed by atoms with Gasteiger partial charge in [0.05, 0.1) is 6.04 Å². The third kappa shape index (κ3) is 3.40. The standard InChI is InChI=1S/C12H22N2S/c1-9-4-3-5-11(7-6-9)14-12-13-10(2)8-15-12/h9-11H,3-8H2,1-2H3,(H,13,14). The highest BCUT2D eigenvalue weighted by Crippen LogP contribution is 2.25. The number of hydrogen-bond donors (Lipinski definition) is 1. The summed E-state index contributed by atoms with van der Waals surface area (Å²) in [7, 11) is 0. The van der Waals surface area contributed by atoms with Crippen molar-refractivity contribution in [2.45, 2.75) is 58.0 Å². The summed E-state index contributed by atoms with van der Waals surface area (Å²) in [6.07, 6.45) is 6.72. The summed E-state index contributed by atoms with van der Waals surface area (Å²) in [4.78, 5) is 4.85. The van der Waals surface area contributed by atoms with Gasteiger partial charge in [0.25, 0.3) is 0 Å². The van der Waals surface area contributed by atoms with Gasteiger partial charge in [-0.1, -0.05) is 31.5 Å². The second-order valence-electron chi connectivity index (χ2n) is 5.06. The summed E-state index contributed by atoms with van der Waals surface area (Å²) >= 11 is 1.89. The van der Waals surface area contributed by atoms with Gasteiger partial charge in [-0.25, -0.2) is 0 Å². The molecule has 0 radical (unpaired) electrons. The summed E-state index contributed by atoms with van der Waals surface area (Å²) < 4.78 is 0. The highest BCUT2D eigenvalue weighted by molar-refractivity contribution is 8.14. The normalized spacial score (nSPS) is 40.1. The van der Waals surface area contributed by atoms with Gasteiger partial charge >= 0.3 is 0 Å². The first-order chi connectivity index (χ1) is 7.24. The molecule has 3 heteroatoms. The fourth-order valence-electron chi connectivity index (χ4n) is 2.34. The highest BCUT2D eigenvalue weighted by atomic mass is 32.2. The van der Waals surface area contributed by atoms with Crippen molar-refractivity contribution >= 4 is 16.9 Å². The minimum atomic E-state index is 0.593. The predicted octanol–water partition coefficient (Wildman–Crippen LogP) is 3.04. The van der Waals surface area contributed by atoms with Crippen LogP contribution < -0.4 is 5.32 Å². The van der Waals surface area contributed by atoms with Crippen LogP contribution in [-0.2, 0) is 0 Å². The Hall–Kier alpha value is -0.180. The molecule has 0 bridgehead atoms. The van der Waals surface area contributed by atoms with Crippen LogP contribution in [0.5, 0.6) is 0 Å². The van der Waals surface area contributed by atoms with Crippen molar-refractivity contribution in [1.29, 1.82) is 0 Å². The fourth-order valence-corrected chi connectivity index (χ4v) is 3.33. The molecule has 2 rings (SSSR count). The lowest BCUT2D eigenvalue weighted by molar-refractivity contribution is 0.499. The molecule has 3 atom stereocenters. The Morgan fingerprint density at radius 1 is 1.20 bits per heavy atom. The van der Waals surface area contributed by atoms with Gasteiger partial charge < -0.3 is 5.32 Å². The number of nitrogens with zero attached hydrogens (tertiary/aromatic N) is 1. The summed E-state index contributed by atoms with van der Waals surface area (Å²) in [5.41, 5.74) is 0. The Morgan fingerprint density at radius 2 is 2.07 bits per heavy atom. The second-order valence-corrected chi connectivity index (χ2v) is 6.07. The molecule has 0 aromatic rings. The maximum Gasteiger partial charge on any atom is 0.157 e. The van der Waals surface area contributed by atoms with Crippen LogP contribution >= 0.6 is 11.8 Å². The van der Waals surface area contributed by atoms with Gasteiger partial charge in [0.2, 0.25) is 0 Å². The van der Waals surface area contributed by atoms with Crippen molar-refractivity contribution in [2.75, 3.05) is 5.75 Å². The smallest absolute Gasteiger partial charge is 0.157 e. The van der Waals surface area contributed by atoms with Crippen molar-refractivity contribution < 1.29 is 0 Å². The molecule has 3 unspecified atom stereocenters. The molecule has 1 aliphatic carbocycles. The van der Waals surface area contributed by atoms with E-state index in [1.807, 2.05) is 11.8 Å². The quantitative estimate of drug-likeness (QED) is 0.695. The van der Waals surface area contributed by atoms with E-state index in [-0.39, 0.29) is 0 Å². The number of rotatable bonds is 1. The maximum absolute atomic E-state index is 4.85. The molecule has 86 valence electrons. The summed E-state index contributed by atoms with van der Waals surface area (Å²) in [5, 5.41) is 4.64. The number of nitrogens with one attached hydrogen (secondary N) is 1. The van der Waals surface area contributed by atoms with E-state index >= 15 is 0 Å². The van der Waals surface area contributed by atoms with Crippen molar-refractivity contribution in [3.8, 4) is 0 Å². The molecule has 1 saturated carbocycles. The average molecular weight is 226 g/mol. The van der Waals surface area contributed by atoms with E-state index in [1.54, 1.807) is 0 Å². The molecule has 2 aliphatic rings. The van der Waals surface area contributed by atoms with E-state index in [9.17, 15) is 0 Å². The molecular weight excluding hydrogens is 204 g/mol. The molecule has 0 spiro atoms. The molecule has 0 aromatic heterocycles. The molecule has 0 aromatic carbocycles. The van der Waals surface area contributed by atoms with Gasteiger partial charge in [-0.2, -0.15) is 0 Å². The first-order valence-electron chi connectivity index (χ1n) is 6.21. The lowest BCUT2D eigenvalue weighted by Crippen LogP contribution is -2.24. The Kier molecular flexibility index (Phi) is 3.95. The van der Waals surface area contributed by atoms with Gasteiger partial charge in [-0.05, 0) is 32.1 Å². The molecule has 0 amide bonds. The zero-order chi connectivity index (χ0) is 10.7. The maximum atomic E-state index is 4.85. The fraction of sp³-hybridized carbons (Fsp3) is 0.917. The molecule has 2 fully saturated rings. The minimum absolute atomic E-state index is 0.593. The lowest BCUT2D eigenvalue weighted by atomic mass is 10.0. The Balaban J connectivity index is 1.88. The van der Waals surface area contributed by atoms with Crippen LogP contribution in [-0.4, -0.2) is 23.0 Å². The second kappa shape index (κ2) is 5.24. The van der Waals surface area contributed by atoms with Crippen LogP contribution in [0.3, 0.4) is 0 Å². The van der Waals surface area contributed by atoms with E-state index < -0.39 is 0 Å². The Labute approximate surface area is 97.3 Å². The van der Waals surface area contributed by atoms with Gasteiger partial charge in [0, 0.05) is 11.8 Å². The molecule has 1 N–H and O–H groups in total. The zero-order valence-corrected chi connectivity index (χ0v) is 10.6. The number of amidine groups is 1. The SMILES string of the molecule is CC1CCCC(N=C2NC(C)CS2)CC1. The Bertz CT molecular complexity index is 240. The lowest BCUT2D eigenvalue weighted by Gasteiger charge is -2.10. The van der Waals surface area contributed by atoms with Crippen LogP contribution in [0.1, 0.15) is 46.0 Å². The first kappa shape index (κ1) is 11.3. The number of thioether (sulfide) groups is 1. The number of aliphatic imine (C=N–C) groups is 1. The van der Waals surface area contributed by atoms with Crippen LogP contribution in [0.4, 0.5) is 0 Å². The van der Waals surface area contributed by atoms with Crippen LogP contribution in [0.25, 0.3) is 0 Å². The summed E-state index contributed by atoms with van der Waals surface area (Å²) in [6.45, 7) is 4.60. The van der Waals surface area contributed by atoms with Crippen molar-refractivity contribution in [2.24, 2.45) is 10.9 Å². The van der Waals surface area contributed by atoms with E-state index in [1.165, 1.54) is 43.0 Å². The Morgan fingerprint density at radius 3 is 2.80 bits per heavy atom. The number of hydrogen-bond acceptors (Lipinski definition) is 2. The van der Waals surface area contributed by atoms with E-state index in [0.717, 1.165) is 5.92 Å². The van der Waals surface area contributed by atoms with Gasteiger partial charge in [0.1, 0.15) is 0 Å². The molecule has 1 heterocycles. The first-order valence-corrected chi connectivity index (χ1v) is 7.19. The third-order valence-electron chi connectivity index (χ3n) is 3.37. The summed E-state index contributed by atoms with van der Waals surface area (Å²) in [5.74, 6) is 2.10. The van der Waals surface area contributed by atoms with Gasteiger partial charge in [-0.15, -0.1) is 0 Å². The molecular formula is C12H22N2S. The van der Waals surface area contributed by atoms with E-state index in [4.69, 9.17) is 4.99 Å². The monoisotopic (exact) mass is 226 g/mol. The van der Waals surface area contributed by atoms with Crippen LogP contribution in [0, 0.1) is 5.92 Å². The van der Waals surface area contributed by atoms with Crippen molar-refractivity contribution in [1.82, 2.24) is 5.32 Å². The van der Waals surface area contributed by atoms with Crippen molar-refractivity contribution in [3.63, 3.8) is 0 Å². The molecule has 15 heavy (non-hydrogen) atoms. The third-order valence-corrected chi connectivity index (χ3v) is 4.53. The van der Waals surface area contributed by atoms with Gasteiger partial charge in [-0.3, -0.25) is 4.99 Å². The minimum Gasteiger partial charge on any atom is -0.362 e. The molecule has 2 nitrogen and oxygen atoms in total. The highest BCUT2D eigenvalue weighted by Gasteiger charge is 2.19. The summed E-state index contributed by atoms with van der Waals surface area (Å²) in [6, 6.07) is 1.20. The predicted molar refractivity (Wildman–Crippen MR) is 68.5 cm³/mol. The largest absolute Gasteiger partial charge is 0.362 e. The van der Waals surface area contributed by atoms with Gasteiger partial charge in [0.15, 0.2) is 5.17 Å². The van der Waals surface area contributed by atoms with E-state index in [2.05, 4.69) is 19.2 Å². The van der Waals surface area contributed by atoms with Crippen LogP contribution in [0.2, 0.25) is 0 Å². The van der Waals surface area contributed by atoms with E-state index in [0.29, 0.717) is 12.1 Å².